The summed E-state index contributed by atoms with van der Waals surface area (Å²) in [6.45, 7) is 0.891. The molecule has 0 amide bonds. The van der Waals surface area contributed by atoms with Crippen molar-refractivity contribution in [2.45, 2.75) is 0 Å². The Hall–Kier alpha value is -0.500. The lowest BCUT2D eigenvalue weighted by Crippen LogP contribution is -1.88. The predicted molar refractivity (Wildman–Crippen MR) is 35.2 cm³/mol. The number of anilines is 1. The van der Waals surface area contributed by atoms with Crippen molar-refractivity contribution in [3.05, 3.63) is 23.4 Å². The molecule has 0 unspecified atom stereocenters. The third-order valence-corrected chi connectivity index (χ3v) is 2.07. The highest BCUT2D eigenvalue weighted by atomic mass is 32.1. The average molecular weight is 123 g/mol. The first-order valence-electron chi connectivity index (χ1n) is 2.52. The van der Waals surface area contributed by atoms with Gasteiger partial charge in [0.2, 0.25) is 0 Å². The number of rotatable bonds is 0. The van der Waals surface area contributed by atoms with Gasteiger partial charge in [0.05, 0.1) is 5.00 Å². The first-order chi connectivity index (χ1) is 3.97. The maximum absolute atomic E-state index is 3.19. The van der Waals surface area contributed by atoms with Crippen LogP contribution in [0.25, 0.3) is 0 Å². The van der Waals surface area contributed by atoms with Gasteiger partial charge in [0.25, 0.3) is 0 Å². The van der Waals surface area contributed by atoms with Gasteiger partial charge in [-0.05, 0) is 17.0 Å². The Labute approximate surface area is 52.3 Å². The predicted octanol–water partition coefficient (Wildman–Crippen LogP) is 1.60. The summed E-state index contributed by atoms with van der Waals surface area (Å²) >= 11 is 1.74. The van der Waals surface area contributed by atoms with Crippen molar-refractivity contribution in [3.63, 3.8) is 0 Å². The van der Waals surface area contributed by atoms with Crippen molar-refractivity contribution in [1.82, 2.24) is 0 Å². The van der Waals surface area contributed by atoms with E-state index in [-0.39, 0.29) is 0 Å². The number of fused-ring (bicyclic) bond motifs is 1. The molecule has 0 bridgehead atoms. The maximum atomic E-state index is 3.19. The minimum atomic E-state index is 0.891. The van der Waals surface area contributed by atoms with E-state index in [0.29, 0.717) is 0 Å². The quantitative estimate of drug-likeness (QED) is 0.552. The molecule has 2 heteroatoms. The highest BCUT2D eigenvalue weighted by Crippen LogP contribution is 2.28. The van der Waals surface area contributed by atoms with Crippen LogP contribution in [0, 0.1) is 6.42 Å². The fraction of sp³-hybridized carbons (Fsp3) is 0.167. The van der Waals surface area contributed by atoms with E-state index < -0.39 is 0 Å². The van der Waals surface area contributed by atoms with E-state index >= 15 is 0 Å². The maximum Gasteiger partial charge on any atom is 0.0922 e. The lowest BCUT2D eigenvalue weighted by Gasteiger charge is -1.85. The topological polar surface area (TPSA) is 12.0 Å². The highest BCUT2D eigenvalue weighted by molar-refractivity contribution is 7.14. The largest absolute Gasteiger partial charge is 0.376 e. The fourth-order valence-corrected chi connectivity index (χ4v) is 1.57. The molecule has 2 radical (unpaired) electrons. The van der Waals surface area contributed by atoms with Crippen LogP contribution in [0.3, 0.4) is 0 Å². The Morgan fingerprint density at radius 2 is 2.75 bits per heavy atom. The molecule has 0 saturated heterocycles. The summed E-state index contributed by atoms with van der Waals surface area (Å²) in [4.78, 5) is 0. The highest BCUT2D eigenvalue weighted by Gasteiger charge is 2.09. The van der Waals surface area contributed by atoms with E-state index in [1.807, 2.05) is 0 Å². The van der Waals surface area contributed by atoms with Crippen LogP contribution < -0.4 is 5.32 Å². The van der Waals surface area contributed by atoms with Crippen LogP contribution in [0.1, 0.15) is 5.56 Å². The van der Waals surface area contributed by atoms with E-state index in [1.54, 1.807) is 11.3 Å². The van der Waals surface area contributed by atoms with E-state index in [2.05, 4.69) is 23.2 Å². The molecule has 0 atom stereocenters. The smallest absolute Gasteiger partial charge is 0.0922 e. The van der Waals surface area contributed by atoms with E-state index in [4.69, 9.17) is 0 Å². The number of thiophene rings is 1. The minimum Gasteiger partial charge on any atom is -0.376 e. The zero-order chi connectivity index (χ0) is 5.40. The molecule has 1 aromatic heterocycles. The molecule has 1 N–H and O–H groups in total. The molecular formula is C6H5NS. The Bertz CT molecular complexity index is 174. The first-order valence-corrected chi connectivity index (χ1v) is 3.40. The summed E-state index contributed by atoms with van der Waals surface area (Å²) in [6, 6.07) is 2.08. The average Bonchev–Trinajstić information content (AvgIpc) is 2.15. The molecule has 0 spiro atoms. The molecule has 0 fully saturated rings. The summed E-state index contributed by atoms with van der Waals surface area (Å²) in [6.07, 6.45) is 3.18. The lowest BCUT2D eigenvalue weighted by atomic mass is 10.3. The Morgan fingerprint density at radius 3 is 3.62 bits per heavy atom. The monoisotopic (exact) mass is 123 g/mol. The van der Waals surface area contributed by atoms with Crippen LogP contribution in [-0.2, 0) is 0 Å². The van der Waals surface area contributed by atoms with Crippen LogP contribution >= 0.6 is 11.3 Å². The Kier molecular flexibility index (Phi) is 0.815. The molecule has 1 aliphatic rings. The molecular weight excluding hydrogens is 118 g/mol. The van der Waals surface area contributed by atoms with Gasteiger partial charge in [-0.25, -0.2) is 0 Å². The normalized spacial score (nSPS) is 15.5. The summed E-state index contributed by atoms with van der Waals surface area (Å²) in [5.41, 5.74) is 1.25. The van der Waals surface area contributed by atoms with Gasteiger partial charge in [-0.1, -0.05) is 0 Å². The second kappa shape index (κ2) is 1.49. The van der Waals surface area contributed by atoms with Gasteiger partial charge >= 0.3 is 0 Å². The minimum absolute atomic E-state index is 0.891. The van der Waals surface area contributed by atoms with Crippen molar-refractivity contribution in [2.75, 3.05) is 11.9 Å². The molecule has 1 nitrogen and oxygen atoms in total. The number of hydrogen-bond donors (Lipinski definition) is 1. The van der Waals surface area contributed by atoms with Crippen molar-refractivity contribution in [3.8, 4) is 0 Å². The molecule has 2 rings (SSSR count). The van der Waals surface area contributed by atoms with Gasteiger partial charge in [0.1, 0.15) is 0 Å². The van der Waals surface area contributed by atoms with Crippen LogP contribution in [-0.4, -0.2) is 6.54 Å². The second-order valence-electron chi connectivity index (χ2n) is 1.69. The van der Waals surface area contributed by atoms with Gasteiger partial charge < -0.3 is 5.32 Å². The first kappa shape index (κ1) is 4.39. The van der Waals surface area contributed by atoms with Crippen molar-refractivity contribution in [1.29, 1.82) is 0 Å². The van der Waals surface area contributed by atoms with E-state index in [9.17, 15) is 0 Å². The zero-order valence-electron chi connectivity index (χ0n) is 4.27. The summed E-state index contributed by atoms with van der Waals surface area (Å²) < 4.78 is 0. The van der Waals surface area contributed by atoms with Crippen LogP contribution in [0.4, 0.5) is 5.00 Å². The molecule has 1 aliphatic heterocycles. The van der Waals surface area contributed by atoms with Crippen LogP contribution in [0.5, 0.6) is 0 Å². The molecule has 0 aliphatic carbocycles. The van der Waals surface area contributed by atoms with Gasteiger partial charge in [-0.15, -0.1) is 11.3 Å². The van der Waals surface area contributed by atoms with Crippen molar-refractivity contribution >= 4 is 16.3 Å². The fourth-order valence-electron chi connectivity index (χ4n) is 0.805. The van der Waals surface area contributed by atoms with Crippen LogP contribution in [0.15, 0.2) is 11.4 Å². The Morgan fingerprint density at radius 1 is 1.75 bits per heavy atom. The third-order valence-electron chi connectivity index (χ3n) is 1.19. The second-order valence-corrected chi connectivity index (χ2v) is 2.61. The van der Waals surface area contributed by atoms with Gasteiger partial charge in [0, 0.05) is 13.0 Å². The zero-order valence-corrected chi connectivity index (χ0v) is 5.09. The molecule has 40 valence electrons. The van der Waals surface area contributed by atoms with Gasteiger partial charge in [0.15, 0.2) is 0 Å². The Balaban J connectivity index is 2.54. The SMILES string of the molecule is [C]1CNc2sccc21. The number of nitrogens with one attached hydrogen (secondary N) is 1. The third kappa shape index (κ3) is 0.464. The van der Waals surface area contributed by atoms with Gasteiger partial charge in [-0.2, -0.15) is 0 Å². The lowest BCUT2D eigenvalue weighted by molar-refractivity contribution is 1.35. The molecule has 0 saturated carbocycles. The molecule has 0 aromatic carbocycles. The van der Waals surface area contributed by atoms with Crippen molar-refractivity contribution < 1.29 is 0 Å². The summed E-state index contributed by atoms with van der Waals surface area (Å²) in [5, 5.41) is 6.53. The summed E-state index contributed by atoms with van der Waals surface area (Å²) in [5.74, 6) is 0. The number of hydrogen-bond acceptors (Lipinski definition) is 2. The molecule has 8 heavy (non-hydrogen) atoms. The standard InChI is InChI=1S/C6H5NS/c1-3-7-6-5(1)2-4-8-6/h2,4,7H,3H2. The van der Waals surface area contributed by atoms with Crippen LogP contribution in [0.2, 0.25) is 0 Å². The van der Waals surface area contributed by atoms with E-state index in [0.717, 1.165) is 6.54 Å². The molecule has 2 heterocycles. The molecule has 1 aromatic rings. The van der Waals surface area contributed by atoms with Crippen molar-refractivity contribution in [2.24, 2.45) is 0 Å². The van der Waals surface area contributed by atoms with E-state index in [1.165, 1.54) is 10.6 Å². The van der Waals surface area contributed by atoms with Gasteiger partial charge in [-0.3, -0.25) is 0 Å². The summed E-state index contributed by atoms with van der Waals surface area (Å²) in [7, 11) is 0.